The summed E-state index contributed by atoms with van der Waals surface area (Å²) >= 11 is 0. The zero-order valence-corrected chi connectivity index (χ0v) is 18.3. The van der Waals surface area contributed by atoms with Gasteiger partial charge in [0.15, 0.2) is 5.76 Å². The fraction of sp³-hybridized carbons (Fsp3) is 0.273. The molecule has 0 saturated heterocycles. The lowest BCUT2D eigenvalue weighted by Gasteiger charge is -2.34. The van der Waals surface area contributed by atoms with Crippen LogP contribution >= 0.6 is 0 Å². The van der Waals surface area contributed by atoms with E-state index in [2.05, 4.69) is 4.18 Å². The number of carbonyl (C=O) groups is 2. The Morgan fingerprint density at radius 1 is 1.00 bits per heavy atom. The van der Waals surface area contributed by atoms with Gasteiger partial charge < -0.3 is 13.7 Å². The SMILES string of the molecule is CCOC(=O)C1=C(OS(=O)(=O)C(F)(F)F)c2ccccc2C(c2ccccc2)[C@H]1C(=O)OC. The summed E-state index contributed by atoms with van der Waals surface area (Å²) in [5.41, 5.74) is -5.72. The molecule has 2 aromatic rings. The Hall–Kier alpha value is -3.34. The molecule has 0 spiro atoms. The summed E-state index contributed by atoms with van der Waals surface area (Å²) in [6.45, 7) is 1.26. The summed E-state index contributed by atoms with van der Waals surface area (Å²) in [6.07, 6.45) is 0. The fourth-order valence-corrected chi connectivity index (χ4v) is 4.19. The number of esters is 2. The number of rotatable bonds is 6. The van der Waals surface area contributed by atoms with E-state index < -0.39 is 50.7 Å². The molecular weight excluding hydrogens is 465 g/mol. The molecule has 2 atom stereocenters. The lowest BCUT2D eigenvalue weighted by atomic mass is 9.70. The van der Waals surface area contributed by atoms with Crippen molar-refractivity contribution in [3.05, 3.63) is 76.9 Å². The number of hydrogen-bond acceptors (Lipinski definition) is 7. The predicted molar refractivity (Wildman–Crippen MR) is 110 cm³/mol. The molecule has 0 saturated carbocycles. The molecule has 0 amide bonds. The zero-order chi connectivity index (χ0) is 24.4. The average Bonchev–Trinajstić information content (AvgIpc) is 2.78. The van der Waals surface area contributed by atoms with E-state index in [-0.39, 0.29) is 17.7 Å². The highest BCUT2D eigenvalue weighted by atomic mass is 32.2. The predicted octanol–water partition coefficient (Wildman–Crippen LogP) is 3.76. The molecule has 0 aliphatic heterocycles. The van der Waals surface area contributed by atoms with Crippen molar-refractivity contribution in [2.75, 3.05) is 13.7 Å². The summed E-state index contributed by atoms with van der Waals surface area (Å²) in [6, 6.07) is 14.2. The molecule has 0 N–H and O–H groups in total. The monoisotopic (exact) mass is 484 g/mol. The van der Waals surface area contributed by atoms with Gasteiger partial charge in [0.2, 0.25) is 0 Å². The van der Waals surface area contributed by atoms with E-state index in [1.54, 1.807) is 36.4 Å². The minimum Gasteiger partial charge on any atom is -0.469 e. The lowest BCUT2D eigenvalue weighted by molar-refractivity contribution is -0.148. The standard InChI is InChI=1S/C22H19F3O7S/c1-3-31-21(27)18-17(20(26)30-2)16(13-9-5-4-6-10-13)14-11-7-8-12-15(14)19(18)32-33(28,29)22(23,24)25/h4-12,16-17H,3H2,1-2H3/t16?,17-/m1/s1. The molecule has 176 valence electrons. The van der Waals surface area contributed by atoms with Crippen LogP contribution in [0, 0.1) is 5.92 Å². The van der Waals surface area contributed by atoms with Crippen LogP contribution in [-0.2, 0) is 33.4 Å². The fourth-order valence-electron chi connectivity index (χ4n) is 3.70. The van der Waals surface area contributed by atoms with E-state index in [0.29, 0.717) is 5.56 Å². The van der Waals surface area contributed by atoms with Crippen LogP contribution in [0.4, 0.5) is 13.2 Å². The molecule has 0 fully saturated rings. The van der Waals surface area contributed by atoms with Gasteiger partial charge in [0.05, 0.1) is 19.3 Å². The molecule has 1 unspecified atom stereocenters. The van der Waals surface area contributed by atoms with Crippen LogP contribution in [-0.4, -0.2) is 39.6 Å². The van der Waals surface area contributed by atoms with Crippen LogP contribution in [0.2, 0.25) is 0 Å². The van der Waals surface area contributed by atoms with Crippen molar-refractivity contribution < 1.29 is 44.8 Å². The van der Waals surface area contributed by atoms with Gasteiger partial charge in [0.25, 0.3) is 0 Å². The Kier molecular flexibility index (Phi) is 6.82. The summed E-state index contributed by atoms with van der Waals surface area (Å²) in [4.78, 5) is 25.8. The van der Waals surface area contributed by atoms with Crippen molar-refractivity contribution in [3.8, 4) is 0 Å². The van der Waals surface area contributed by atoms with Crippen molar-refractivity contribution in [2.24, 2.45) is 5.92 Å². The second-order valence-electron chi connectivity index (χ2n) is 6.92. The molecular formula is C22H19F3O7S. The summed E-state index contributed by atoms with van der Waals surface area (Å²) in [5, 5.41) is 0. The van der Waals surface area contributed by atoms with Gasteiger partial charge >= 0.3 is 27.6 Å². The van der Waals surface area contributed by atoms with Crippen LogP contribution in [0.1, 0.15) is 29.5 Å². The number of carbonyl (C=O) groups excluding carboxylic acids is 2. The number of fused-ring (bicyclic) bond motifs is 1. The van der Waals surface area contributed by atoms with Gasteiger partial charge in [-0.15, -0.1) is 0 Å². The molecule has 7 nitrogen and oxygen atoms in total. The molecule has 0 bridgehead atoms. The number of alkyl halides is 3. The number of benzene rings is 2. The molecule has 3 rings (SSSR count). The number of halogens is 3. The smallest absolute Gasteiger partial charge is 0.469 e. The summed E-state index contributed by atoms with van der Waals surface area (Å²) in [7, 11) is -5.13. The Morgan fingerprint density at radius 2 is 1.61 bits per heavy atom. The topological polar surface area (TPSA) is 96.0 Å². The maximum atomic E-state index is 13.2. The van der Waals surface area contributed by atoms with Crippen LogP contribution in [0.5, 0.6) is 0 Å². The van der Waals surface area contributed by atoms with Crippen LogP contribution in [0.15, 0.2) is 60.2 Å². The number of hydrogen-bond donors (Lipinski definition) is 0. The highest BCUT2D eigenvalue weighted by Gasteiger charge is 2.52. The van der Waals surface area contributed by atoms with E-state index in [0.717, 1.165) is 7.11 Å². The Bertz CT molecular complexity index is 1190. The normalized spacial score (nSPS) is 18.3. The summed E-state index contributed by atoms with van der Waals surface area (Å²) < 4.78 is 77.6. The minimum absolute atomic E-state index is 0.0950. The third kappa shape index (κ3) is 4.58. The Balaban J connectivity index is 2.40. The van der Waals surface area contributed by atoms with Crippen LogP contribution in [0.3, 0.4) is 0 Å². The van der Waals surface area contributed by atoms with Gasteiger partial charge in [-0.1, -0.05) is 54.6 Å². The molecule has 0 heterocycles. The highest BCUT2D eigenvalue weighted by Crippen LogP contribution is 2.48. The lowest BCUT2D eigenvalue weighted by Crippen LogP contribution is -2.36. The van der Waals surface area contributed by atoms with Gasteiger partial charge in [-0.05, 0) is 18.1 Å². The molecule has 0 aromatic heterocycles. The van der Waals surface area contributed by atoms with Crippen molar-refractivity contribution in [2.45, 2.75) is 18.3 Å². The molecule has 2 aromatic carbocycles. The van der Waals surface area contributed by atoms with Gasteiger partial charge in [-0.2, -0.15) is 21.6 Å². The third-order valence-electron chi connectivity index (χ3n) is 5.02. The number of methoxy groups -OCH3 is 1. The maximum absolute atomic E-state index is 13.2. The largest absolute Gasteiger partial charge is 0.534 e. The highest BCUT2D eigenvalue weighted by molar-refractivity contribution is 7.87. The van der Waals surface area contributed by atoms with Gasteiger partial charge in [0, 0.05) is 11.5 Å². The number of ether oxygens (including phenoxy) is 2. The van der Waals surface area contributed by atoms with Crippen LogP contribution in [0.25, 0.3) is 5.76 Å². The van der Waals surface area contributed by atoms with Gasteiger partial charge in [-0.3, -0.25) is 4.79 Å². The van der Waals surface area contributed by atoms with Crippen molar-refractivity contribution in [3.63, 3.8) is 0 Å². The molecule has 0 radical (unpaired) electrons. The van der Waals surface area contributed by atoms with Crippen molar-refractivity contribution in [1.82, 2.24) is 0 Å². The first kappa shape index (κ1) is 24.3. The first-order chi connectivity index (χ1) is 15.5. The molecule has 11 heteroatoms. The molecule has 1 aliphatic carbocycles. The van der Waals surface area contributed by atoms with E-state index in [1.807, 2.05) is 0 Å². The maximum Gasteiger partial charge on any atom is 0.534 e. The van der Waals surface area contributed by atoms with E-state index >= 15 is 0 Å². The van der Waals surface area contributed by atoms with Crippen molar-refractivity contribution in [1.29, 1.82) is 0 Å². The first-order valence-corrected chi connectivity index (χ1v) is 11.1. The van der Waals surface area contributed by atoms with Gasteiger partial charge in [-0.25, -0.2) is 4.79 Å². The molecule has 33 heavy (non-hydrogen) atoms. The zero-order valence-electron chi connectivity index (χ0n) is 17.5. The van der Waals surface area contributed by atoms with Gasteiger partial charge in [0.1, 0.15) is 5.92 Å². The molecule has 1 aliphatic rings. The van der Waals surface area contributed by atoms with Crippen molar-refractivity contribution >= 4 is 27.8 Å². The minimum atomic E-state index is -6.18. The van der Waals surface area contributed by atoms with E-state index in [4.69, 9.17) is 9.47 Å². The quantitative estimate of drug-likeness (QED) is 0.350. The third-order valence-corrected chi connectivity index (χ3v) is 5.97. The second kappa shape index (κ2) is 9.26. The van der Waals surface area contributed by atoms with E-state index in [1.165, 1.54) is 25.1 Å². The first-order valence-electron chi connectivity index (χ1n) is 9.67. The van der Waals surface area contributed by atoms with E-state index in [9.17, 15) is 31.2 Å². The average molecular weight is 484 g/mol. The second-order valence-corrected chi connectivity index (χ2v) is 8.46. The Morgan fingerprint density at radius 3 is 2.18 bits per heavy atom. The van der Waals surface area contributed by atoms with Crippen LogP contribution < -0.4 is 0 Å². The summed E-state index contributed by atoms with van der Waals surface area (Å²) in [5.74, 6) is -5.54. The Labute approximate surface area is 187 Å².